The third-order valence-corrected chi connectivity index (χ3v) is 7.08. The number of Topliss-reactive ketones (excluding diaryl/α,β-unsaturated/α-hetero) is 1. The average molecular weight is 441 g/mol. The van der Waals surface area contributed by atoms with Gasteiger partial charge >= 0.3 is 0 Å². The smallest absolute Gasteiger partial charge is 0.161 e. The molecule has 0 amide bonds. The van der Waals surface area contributed by atoms with Crippen LogP contribution in [-0.2, 0) is 4.79 Å². The Bertz CT molecular complexity index is 1260. The molecule has 0 saturated heterocycles. The van der Waals surface area contributed by atoms with E-state index in [4.69, 9.17) is 0 Å². The summed E-state index contributed by atoms with van der Waals surface area (Å²) in [5.74, 6) is -0.0555. The van der Waals surface area contributed by atoms with Crippen LogP contribution in [0.5, 0.6) is 0 Å². The van der Waals surface area contributed by atoms with Crippen LogP contribution >= 0.6 is 11.3 Å². The van der Waals surface area contributed by atoms with Gasteiger partial charge in [-0.1, -0.05) is 48.5 Å². The van der Waals surface area contributed by atoms with Gasteiger partial charge in [0.15, 0.2) is 5.78 Å². The standard InChI is InChI=1S/C27H24N2O2S/c1-17-8-5-11-19(16-17)29-20-12-6-13-21(30)23(20)24(22-14-7-15-32-22)25(27(29)28)26(31)18-9-3-2-4-10-18/h2-5,7-11,14-16,24,28,31H,6,12-13H2,1H3/b26-25+,28-27?. The summed E-state index contributed by atoms with van der Waals surface area (Å²) >= 11 is 1.56. The molecule has 1 atom stereocenters. The van der Waals surface area contributed by atoms with Crippen molar-refractivity contribution < 1.29 is 9.90 Å². The summed E-state index contributed by atoms with van der Waals surface area (Å²) < 4.78 is 0. The predicted molar refractivity (Wildman–Crippen MR) is 130 cm³/mol. The zero-order chi connectivity index (χ0) is 22.2. The minimum Gasteiger partial charge on any atom is -0.507 e. The second kappa shape index (κ2) is 8.24. The lowest BCUT2D eigenvalue weighted by Gasteiger charge is -2.41. The fourth-order valence-corrected chi connectivity index (χ4v) is 5.58. The van der Waals surface area contributed by atoms with E-state index in [1.54, 1.807) is 11.3 Å². The molecular formula is C27H24N2O2S. The number of nitrogens with one attached hydrogen (secondary N) is 1. The fourth-order valence-electron chi connectivity index (χ4n) is 4.74. The highest BCUT2D eigenvalue weighted by atomic mass is 32.1. The highest BCUT2D eigenvalue weighted by Crippen LogP contribution is 2.48. The first-order valence-corrected chi connectivity index (χ1v) is 11.7. The summed E-state index contributed by atoms with van der Waals surface area (Å²) in [6, 6.07) is 21.2. The maximum Gasteiger partial charge on any atom is 0.161 e. The normalized spacial score (nSPS) is 20.4. The number of hydrogen-bond donors (Lipinski definition) is 2. The topological polar surface area (TPSA) is 64.4 Å². The predicted octanol–water partition coefficient (Wildman–Crippen LogP) is 6.61. The van der Waals surface area contributed by atoms with Crippen molar-refractivity contribution in [3.05, 3.63) is 105 Å². The molecule has 5 heteroatoms. The van der Waals surface area contributed by atoms with Gasteiger partial charge in [0.05, 0.1) is 11.5 Å². The molecule has 2 aromatic carbocycles. The summed E-state index contributed by atoms with van der Waals surface area (Å²) in [6.45, 7) is 2.02. The lowest BCUT2D eigenvalue weighted by atomic mass is 9.76. The van der Waals surface area contributed by atoms with Crippen molar-refractivity contribution in [3.63, 3.8) is 0 Å². The van der Waals surface area contributed by atoms with Crippen LogP contribution in [0.2, 0.25) is 0 Å². The van der Waals surface area contributed by atoms with E-state index < -0.39 is 5.92 Å². The molecule has 1 aliphatic heterocycles. The van der Waals surface area contributed by atoms with Gasteiger partial charge < -0.3 is 5.11 Å². The SMILES string of the molecule is Cc1cccc(N2C(=N)/C(=C(/O)c3ccccc3)C(c3cccs3)C3=C2CCCC3=O)c1. The number of aryl methyl sites for hydroxylation is 1. The van der Waals surface area contributed by atoms with E-state index in [0.717, 1.165) is 34.7 Å². The van der Waals surface area contributed by atoms with Gasteiger partial charge in [-0.05, 0) is 48.9 Å². The Hall–Kier alpha value is -3.44. The summed E-state index contributed by atoms with van der Waals surface area (Å²) in [5, 5.41) is 22.7. The number of hydrogen-bond acceptors (Lipinski definition) is 4. The van der Waals surface area contributed by atoms with Gasteiger partial charge in [0, 0.05) is 33.8 Å². The number of carbonyl (C=O) groups is 1. The number of rotatable bonds is 3. The van der Waals surface area contributed by atoms with Crippen LogP contribution in [-0.4, -0.2) is 16.7 Å². The van der Waals surface area contributed by atoms with Gasteiger partial charge in [-0.15, -0.1) is 11.3 Å². The van der Waals surface area contributed by atoms with Gasteiger partial charge in [0.2, 0.25) is 0 Å². The minimum absolute atomic E-state index is 0.0524. The second-order valence-electron chi connectivity index (χ2n) is 8.24. The van der Waals surface area contributed by atoms with Crippen LogP contribution in [0.25, 0.3) is 5.76 Å². The number of amidine groups is 1. The largest absolute Gasteiger partial charge is 0.507 e. The Morgan fingerprint density at radius 3 is 2.59 bits per heavy atom. The Kier molecular flexibility index (Phi) is 5.27. The quantitative estimate of drug-likeness (QED) is 0.450. The monoisotopic (exact) mass is 440 g/mol. The van der Waals surface area contributed by atoms with Crippen LogP contribution in [0.4, 0.5) is 5.69 Å². The first kappa shape index (κ1) is 20.5. The number of aliphatic hydroxyl groups is 1. The number of carbonyl (C=O) groups excluding carboxylic acids is 1. The number of anilines is 1. The number of benzene rings is 2. The van der Waals surface area contributed by atoms with Gasteiger partial charge in [-0.25, -0.2) is 0 Å². The highest BCUT2D eigenvalue weighted by molar-refractivity contribution is 7.10. The number of thiophene rings is 1. The third-order valence-electron chi connectivity index (χ3n) is 6.14. The van der Waals surface area contributed by atoms with Crippen LogP contribution in [0.15, 0.2) is 89.0 Å². The summed E-state index contributed by atoms with van der Waals surface area (Å²) in [5.41, 5.74) is 4.66. The third kappa shape index (κ3) is 3.39. The van der Waals surface area contributed by atoms with Gasteiger partial charge in [-0.2, -0.15) is 0 Å². The van der Waals surface area contributed by atoms with Crippen LogP contribution in [0.1, 0.15) is 41.2 Å². The molecule has 1 aromatic heterocycles. The molecule has 0 spiro atoms. The Morgan fingerprint density at radius 2 is 1.88 bits per heavy atom. The highest BCUT2D eigenvalue weighted by Gasteiger charge is 2.43. The lowest BCUT2D eigenvalue weighted by Crippen LogP contribution is -2.42. The molecule has 5 rings (SSSR count). The molecular weight excluding hydrogens is 416 g/mol. The molecule has 1 aliphatic carbocycles. The summed E-state index contributed by atoms with van der Waals surface area (Å²) in [6.07, 6.45) is 2.00. The molecule has 2 N–H and O–H groups in total. The molecule has 0 fully saturated rings. The zero-order valence-corrected chi connectivity index (χ0v) is 18.7. The second-order valence-corrected chi connectivity index (χ2v) is 9.22. The van der Waals surface area contributed by atoms with Crippen molar-refractivity contribution in [1.82, 2.24) is 0 Å². The molecule has 1 unspecified atom stereocenters. The van der Waals surface area contributed by atoms with Gasteiger partial charge in [0.1, 0.15) is 11.6 Å². The molecule has 0 radical (unpaired) electrons. The molecule has 4 nitrogen and oxygen atoms in total. The molecule has 2 aliphatic rings. The number of allylic oxidation sites excluding steroid dienone is 2. The van der Waals surface area contributed by atoms with Crippen molar-refractivity contribution in [2.45, 2.75) is 32.1 Å². The van der Waals surface area contributed by atoms with E-state index in [1.807, 2.05) is 83.9 Å². The molecule has 32 heavy (non-hydrogen) atoms. The minimum atomic E-state index is -0.438. The zero-order valence-electron chi connectivity index (χ0n) is 17.8. The first-order valence-electron chi connectivity index (χ1n) is 10.8. The van der Waals surface area contributed by atoms with Crippen LogP contribution in [0, 0.1) is 12.3 Å². The molecule has 160 valence electrons. The van der Waals surface area contributed by atoms with Crippen molar-refractivity contribution in [1.29, 1.82) is 5.41 Å². The van der Waals surface area contributed by atoms with E-state index in [2.05, 4.69) is 0 Å². The van der Waals surface area contributed by atoms with E-state index in [0.29, 0.717) is 23.1 Å². The number of nitrogens with zero attached hydrogens (tertiary/aromatic N) is 1. The molecule has 0 bridgehead atoms. The molecule has 2 heterocycles. The Morgan fingerprint density at radius 1 is 1.06 bits per heavy atom. The number of ketones is 1. The maximum absolute atomic E-state index is 13.3. The Balaban J connectivity index is 1.82. The van der Waals surface area contributed by atoms with Crippen molar-refractivity contribution in [2.24, 2.45) is 0 Å². The fraction of sp³-hybridized carbons (Fsp3) is 0.185. The average Bonchev–Trinajstić information content (AvgIpc) is 3.33. The van der Waals surface area contributed by atoms with E-state index >= 15 is 0 Å². The molecule has 0 saturated carbocycles. The van der Waals surface area contributed by atoms with E-state index in [9.17, 15) is 15.3 Å². The van der Waals surface area contributed by atoms with Gasteiger partial charge in [0.25, 0.3) is 0 Å². The van der Waals surface area contributed by atoms with Crippen molar-refractivity contribution in [2.75, 3.05) is 4.90 Å². The Labute approximate surface area is 191 Å². The number of aliphatic hydroxyl groups excluding tert-OH is 1. The lowest BCUT2D eigenvalue weighted by molar-refractivity contribution is -0.116. The van der Waals surface area contributed by atoms with Crippen molar-refractivity contribution >= 4 is 34.4 Å². The summed E-state index contributed by atoms with van der Waals surface area (Å²) in [4.78, 5) is 16.2. The van der Waals surface area contributed by atoms with Crippen LogP contribution < -0.4 is 4.90 Å². The molecule has 3 aromatic rings. The van der Waals surface area contributed by atoms with Crippen molar-refractivity contribution in [3.8, 4) is 0 Å². The maximum atomic E-state index is 13.3. The van der Waals surface area contributed by atoms with Gasteiger partial charge in [-0.3, -0.25) is 15.1 Å². The summed E-state index contributed by atoms with van der Waals surface area (Å²) in [7, 11) is 0. The first-order chi connectivity index (χ1) is 15.6. The van der Waals surface area contributed by atoms with E-state index in [-0.39, 0.29) is 17.4 Å². The van der Waals surface area contributed by atoms with E-state index in [1.165, 1.54) is 0 Å². The van der Waals surface area contributed by atoms with Crippen LogP contribution in [0.3, 0.4) is 0 Å².